The van der Waals surface area contributed by atoms with Crippen LogP contribution in [0.3, 0.4) is 0 Å². The lowest BCUT2D eigenvalue weighted by Crippen LogP contribution is -1.90. The molecule has 0 saturated carbocycles. The molecule has 2 rings (SSSR count). The molecule has 0 unspecified atom stereocenters. The van der Waals surface area contributed by atoms with Crippen molar-refractivity contribution < 1.29 is 4.92 Å². The van der Waals surface area contributed by atoms with E-state index in [9.17, 15) is 10.1 Å². The Bertz CT molecular complexity index is 568. The second-order valence-electron chi connectivity index (χ2n) is 3.52. The fourth-order valence-electron chi connectivity index (χ4n) is 1.45. The molecule has 0 radical (unpaired) electrons. The highest BCUT2D eigenvalue weighted by Crippen LogP contribution is 2.31. The Labute approximate surface area is 107 Å². The standard InChI is InChI=1S/C11H9ClN2O2S/c1-7-2-3-8(14(15)16)4-10(7)11-13-6-9(5-12)17-11/h2-4,6H,5H2,1H3. The van der Waals surface area contributed by atoms with Gasteiger partial charge in [0.15, 0.2) is 0 Å². The molecule has 0 fully saturated rings. The van der Waals surface area contributed by atoms with Crippen molar-refractivity contribution in [3.8, 4) is 10.6 Å². The van der Waals surface area contributed by atoms with Gasteiger partial charge >= 0.3 is 0 Å². The zero-order valence-corrected chi connectivity index (χ0v) is 10.6. The Morgan fingerprint density at radius 1 is 1.53 bits per heavy atom. The molecule has 0 spiro atoms. The molecule has 0 aliphatic heterocycles. The van der Waals surface area contributed by atoms with E-state index in [0.717, 1.165) is 21.0 Å². The number of hydrogen-bond acceptors (Lipinski definition) is 4. The molecule has 6 heteroatoms. The first-order valence-corrected chi connectivity index (χ1v) is 6.23. The topological polar surface area (TPSA) is 56.0 Å². The smallest absolute Gasteiger partial charge is 0.258 e. The lowest BCUT2D eigenvalue weighted by Gasteiger charge is -2.01. The predicted octanol–water partition coefficient (Wildman–Crippen LogP) is 3.77. The van der Waals surface area contributed by atoms with Crippen molar-refractivity contribution in [3.63, 3.8) is 0 Å². The van der Waals surface area contributed by atoms with E-state index in [4.69, 9.17) is 11.6 Å². The van der Waals surface area contributed by atoms with E-state index in [1.165, 1.54) is 17.4 Å². The van der Waals surface area contributed by atoms with Crippen molar-refractivity contribution in [1.82, 2.24) is 4.98 Å². The molecule has 0 aliphatic rings. The Morgan fingerprint density at radius 2 is 2.29 bits per heavy atom. The highest BCUT2D eigenvalue weighted by molar-refractivity contribution is 7.15. The van der Waals surface area contributed by atoms with Crippen LogP contribution in [-0.2, 0) is 5.88 Å². The molecule has 0 saturated heterocycles. The number of aromatic nitrogens is 1. The third kappa shape index (κ3) is 2.45. The molecule has 88 valence electrons. The maximum atomic E-state index is 10.7. The van der Waals surface area contributed by atoms with Crippen molar-refractivity contribution >= 4 is 28.6 Å². The Balaban J connectivity index is 2.49. The minimum Gasteiger partial charge on any atom is -0.258 e. The normalized spacial score (nSPS) is 10.5. The maximum Gasteiger partial charge on any atom is 0.270 e. The molecule has 0 N–H and O–H groups in total. The predicted molar refractivity (Wildman–Crippen MR) is 68.5 cm³/mol. The van der Waals surface area contributed by atoms with Gasteiger partial charge in [-0.15, -0.1) is 22.9 Å². The number of alkyl halides is 1. The summed E-state index contributed by atoms with van der Waals surface area (Å²) in [7, 11) is 0. The van der Waals surface area contributed by atoms with E-state index in [2.05, 4.69) is 4.98 Å². The molecule has 2 aromatic rings. The minimum absolute atomic E-state index is 0.0771. The summed E-state index contributed by atoms with van der Waals surface area (Å²) in [5, 5.41) is 11.5. The number of rotatable bonds is 3. The largest absolute Gasteiger partial charge is 0.270 e. The van der Waals surface area contributed by atoms with Crippen LogP contribution in [0.5, 0.6) is 0 Å². The molecule has 0 atom stereocenters. The van der Waals surface area contributed by atoms with Crippen LogP contribution in [0, 0.1) is 17.0 Å². The van der Waals surface area contributed by atoms with Crippen LogP contribution in [0.4, 0.5) is 5.69 Å². The summed E-state index contributed by atoms with van der Waals surface area (Å²) in [6.45, 7) is 1.90. The summed E-state index contributed by atoms with van der Waals surface area (Å²) in [6, 6.07) is 4.77. The number of halogens is 1. The second-order valence-corrected chi connectivity index (χ2v) is 4.90. The summed E-state index contributed by atoms with van der Waals surface area (Å²) < 4.78 is 0. The van der Waals surface area contributed by atoms with Crippen molar-refractivity contribution in [3.05, 3.63) is 45.0 Å². The van der Waals surface area contributed by atoms with Crippen LogP contribution in [-0.4, -0.2) is 9.91 Å². The van der Waals surface area contributed by atoms with Crippen molar-refractivity contribution in [2.24, 2.45) is 0 Å². The Kier molecular flexibility index (Phi) is 3.40. The molecule has 0 bridgehead atoms. The van der Waals surface area contributed by atoms with E-state index in [1.54, 1.807) is 18.3 Å². The Morgan fingerprint density at radius 3 is 2.88 bits per heavy atom. The van der Waals surface area contributed by atoms with Gasteiger partial charge < -0.3 is 0 Å². The number of nitro groups is 1. The minimum atomic E-state index is -0.404. The van der Waals surface area contributed by atoms with E-state index in [0.29, 0.717) is 5.88 Å². The Hall–Kier alpha value is -1.46. The number of nitrogens with zero attached hydrogens (tertiary/aromatic N) is 2. The van der Waals surface area contributed by atoms with Gasteiger partial charge in [0.05, 0.1) is 10.8 Å². The van der Waals surface area contributed by atoms with Crippen LogP contribution in [0.1, 0.15) is 10.4 Å². The van der Waals surface area contributed by atoms with Crippen LogP contribution in [0.2, 0.25) is 0 Å². The molecular weight excluding hydrogens is 260 g/mol. The van der Waals surface area contributed by atoms with Gasteiger partial charge in [-0.3, -0.25) is 10.1 Å². The van der Waals surface area contributed by atoms with Gasteiger partial charge in [-0.05, 0) is 12.5 Å². The number of aryl methyl sites for hydroxylation is 1. The van der Waals surface area contributed by atoms with E-state index in [1.807, 2.05) is 6.92 Å². The second kappa shape index (κ2) is 4.81. The average Bonchev–Trinajstić information content (AvgIpc) is 2.77. The first-order valence-electron chi connectivity index (χ1n) is 4.88. The summed E-state index contributed by atoms with van der Waals surface area (Å²) in [6.07, 6.45) is 1.70. The highest BCUT2D eigenvalue weighted by atomic mass is 35.5. The van der Waals surface area contributed by atoms with Gasteiger partial charge in [-0.2, -0.15) is 0 Å². The lowest BCUT2D eigenvalue weighted by molar-refractivity contribution is -0.384. The van der Waals surface area contributed by atoms with Crippen LogP contribution >= 0.6 is 22.9 Å². The van der Waals surface area contributed by atoms with Crippen LogP contribution in [0.15, 0.2) is 24.4 Å². The monoisotopic (exact) mass is 268 g/mol. The molecule has 17 heavy (non-hydrogen) atoms. The summed E-state index contributed by atoms with van der Waals surface area (Å²) in [5.74, 6) is 0.408. The maximum absolute atomic E-state index is 10.7. The van der Waals surface area contributed by atoms with E-state index < -0.39 is 4.92 Å². The third-order valence-electron chi connectivity index (χ3n) is 2.35. The fourth-order valence-corrected chi connectivity index (χ4v) is 2.52. The number of non-ortho nitro benzene ring substituents is 1. The fraction of sp³-hybridized carbons (Fsp3) is 0.182. The van der Waals surface area contributed by atoms with E-state index in [-0.39, 0.29) is 5.69 Å². The SMILES string of the molecule is Cc1ccc([N+](=O)[O-])cc1-c1ncc(CCl)s1. The first kappa shape index (κ1) is 12.0. The van der Waals surface area contributed by atoms with Gasteiger partial charge in [0.1, 0.15) is 5.01 Å². The quantitative estimate of drug-likeness (QED) is 0.484. The van der Waals surface area contributed by atoms with Gasteiger partial charge in [0, 0.05) is 28.8 Å². The number of benzene rings is 1. The van der Waals surface area contributed by atoms with Crippen LogP contribution < -0.4 is 0 Å². The first-order chi connectivity index (χ1) is 8.11. The number of hydrogen-bond donors (Lipinski definition) is 0. The van der Waals surface area contributed by atoms with Gasteiger partial charge in [-0.1, -0.05) is 6.07 Å². The van der Waals surface area contributed by atoms with Crippen molar-refractivity contribution in [1.29, 1.82) is 0 Å². The van der Waals surface area contributed by atoms with Crippen LogP contribution in [0.25, 0.3) is 10.6 Å². The van der Waals surface area contributed by atoms with Crippen molar-refractivity contribution in [2.75, 3.05) is 0 Å². The van der Waals surface area contributed by atoms with E-state index >= 15 is 0 Å². The molecule has 1 heterocycles. The molecule has 0 aliphatic carbocycles. The molecular formula is C11H9ClN2O2S. The zero-order chi connectivity index (χ0) is 12.4. The number of thiazole rings is 1. The van der Waals surface area contributed by atoms with Gasteiger partial charge in [-0.25, -0.2) is 4.98 Å². The summed E-state index contributed by atoms with van der Waals surface area (Å²) in [4.78, 5) is 15.5. The van der Waals surface area contributed by atoms with Crippen molar-refractivity contribution in [2.45, 2.75) is 12.8 Å². The molecule has 0 amide bonds. The molecule has 1 aromatic heterocycles. The summed E-state index contributed by atoms with van der Waals surface area (Å²) >= 11 is 7.17. The number of nitro benzene ring substituents is 1. The lowest BCUT2D eigenvalue weighted by atomic mass is 10.1. The van der Waals surface area contributed by atoms with Gasteiger partial charge in [0.25, 0.3) is 5.69 Å². The third-order valence-corrected chi connectivity index (χ3v) is 3.82. The summed E-state index contributed by atoms with van der Waals surface area (Å²) in [5.41, 5.74) is 1.83. The highest BCUT2D eigenvalue weighted by Gasteiger charge is 2.12. The van der Waals surface area contributed by atoms with Gasteiger partial charge in [0.2, 0.25) is 0 Å². The molecule has 1 aromatic carbocycles. The molecule has 4 nitrogen and oxygen atoms in total. The average molecular weight is 269 g/mol. The zero-order valence-electron chi connectivity index (χ0n) is 9.01.